The van der Waals surface area contributed by atoms with E-state index in [0.717, 1.165) is 7.11 Å². The lowest BCUT2D eigenvalue weighted by molar-refractivity contribution is -0.276. The lowest BCUT2D eigenvalue weighted by Gasteiger charge is -2.13. The smallest absolute Gasteiger partial charge is 0.493 e. The van der Waals surface area contributed by atoms with E-state index in [2.05, 4.69) is 14.5 Å². The Balaban J connectivity index is 3.20. The van der Waals surface area contributed by atoms with E-state index in [4.69, 9.17) is 0 Å². The largest absolute Gasteiger partial charge is 0.574 e. The molecule has 1 aromatic heterocycles. The molecule has 0 bridgehead atoms. The average Bonchev–Trinajstić information content (AvgIpc) is 2.13. The summed E-state index contributed by atoms with van der Waals surface area (Å²) in [5.41, 5.74) is -0.703. The lowest BCUT2D eigenvalue weighted by atomic mass is 10.2. The SMILES string of the molecule is COc1c(C(F)F)cc(OC(F)(F)F)nc1I. The minimum absolute atomic E-state index is 0.137. The van der Waals surface area contributed by atoms with Crippen LogP contribution in [0.15, 0.2) is 6.07 Å². The molecule has 0 amide bonds. The molecule has 0 spiro atoms. The van der Waals surface area contributed by atoms with Gasteiger partial charge in [-0.15, -0.1) is 13.2 Å². The van der Waals surface area contributed by atoms with Gasteiger partial charge in [-0.05, 0) is 22.6 Å². The summed E-state index contributed by atoms with van der Waals surface area (Å²) in [6.45, 7) is 0. The van der Waals surface area contributed by atoms with Gasteiger partial charge in [-0.2, -0.15) is 0 Å². The first-order valence-corrected chi connectivity index (χ1v) is 5.10. The maximum Gasteiger partial charge on any atom is 0.574 e. The van der Waals surface area contributed by atoms with E-state index in [-0.39, 0.29) is 9.45 Å². The van der Waals surface area contributed by atoms with E-state index in [1.54, 1.807) is 0 Å². The van der Waals surface area contributed by atoms with E-state index in [1.807, 2.05) is 0 Å². The Bertz CT molecular complexity index is 410. The number of rotatable bonds is 3. The molecule has 0 aliphatic rings. The van der Waals surface area contributed by atoms with Crippen molar-refractivity contribution in [3.8, 4) is 11.6 Å². The van der Waals surface area contributed by atoms with Gasteiger partial charge in [0.1, 0.15) is 3.70 Å². The summed E-state index contributed by atoms with van der Waals surface area (Å²) in [5.74, 6) is -1.21. The molecule has 0 N–H and O–H groups in total. The zero-order valence-electron chi connectivity index (χ0n) is 8.19. The zero-order valence-corrected chi connectivity index (χ0v) is 10.3. The van der Waals surface area contributed by atoms with Crippen LogP contribution in [0.3, 0.4) is 0 Å². The fourth-order valence-corrected chi connectivity index (χ4v) is 1.80. The number of ether oxygens (including phenoxy) is 2. The topological polar surface area (TPSA) is 31.4 Å². The first kappa shape index (κ1) is 14.2. The summed E-state index contributed by atoms with van der Waals surface area (Å²) < 4.78 is 68.8. The second-order valence-electron chi connectivity index (χ2n) is 2.72. The highest BCUT2D eigenvalue weighted by atomic mass is 127. The molecule has 0 aliphatic heterocycles. The Labute approximate surface area is 106 Å². The van der Waals surface area contributed by atoms with Crippen molar-refractivity contribution in [3.63, 3.8) is 0 Å². The molecule has 1 rings (SSSR count). The molecule has 0 fully saturated rings. The number of halogens is 6. The number of pyridine rings is 1. The normalized spacial score (nSPS) is 11.8. The summed E-state index contributed by atoms with van der Waals surface area (Å²) in [6, 6.07) is 0.499. The van der Waals surface area contributed by atoms with Gasteiger partial charge >= 0.3 is 6.36 Å². The Kier molecular flexibility index (Phi) is 4.33. The first-order chi connectivity index (χ1) is 7.74. The summed E-state index contributed by atoms with van der Waals surface area (Å²) in [5, 5.41) is 0. The highest BCUT2D eigenvalue weighted by Gasteiger charge is 2.33. The van der Waals surface area contributed by atoms with E-state index in [9.17, 15) is 22.0 Å². The van der Waals surface area contributed by atoms with E-state index < -0.39 is 24.2 Å². The van der Waals surface area contributed by atoms with Crippen LogP contribution in [0.25, 0.3) is 0 Å². The molecule has 0 unspecified atom stereocenters. The summed E-state index contributed by atoms with van der Waals surface area (Å²) in [7, 11) is 1.12. The molecule has 0 atom stereocenters. The van der Waals surface area contributed by atoms with E-state index >= 15 is 0 Å². The second kappa shape index (κ2) is 5.19. The number of methoxy groups -OCH3 is 1. The van der Waals surface area contributed by atoms with E-state index in [0.29, 0.717) is 6.07 Å². The average molecular weight is 369 g/mol. The summed E-state index contributed by atoms with van der Waals surface area (Å²) in [4.78, 5) is 3.36. The lowest BCUT2D eigenvalue weighted by Crippen LogP contribution is -2.18. The van der Waals surface area contributed by atoms with Crippen molar-refractivity contribution in [2.45, 2.75) is 12.8 Å². The molecular formula is C8H5F5INO2. The molecule has 3 nitrogen and oxygen atoms in total. The maximum atomic E-state index is 12.6. The highest BCUT2D eigenvalue weighted by molar-refractivity contribution is 14.1. The monoisotopic (exact) mass is 369 g/mol. The van der Waals surface area contributed by atoms with Gasteiger partial charge in [0.25, 0.3) is 6.43 Å². The third-order valence-electron chi connectivity index (χ3n) is 1.60. The van der Waals surface area contributed by atoms with Crippen LogP contribution in [-0.2, 0) is 0 Å². The number of nitrogens with zero attached hydrogens (tertiary/aromatic N) is 1. The van der Waals surface area contributed by atoms with Crippen LogP contribution in [0, 0.1) is 3.70 Å². The van der Waals surface area contributed by atoms with Crippen LogP contribution < -0.4 is 9.47 Å². The Morgan fingerprint density at radius 3 is 2.35 bits per heavy atom. The van der Waals surface area contributed by atoms with E-state index in [1.165, 1.54) is 22.6 Å². The third kappa shape index (κ3) is 3.82. The van der Waals surface area contributed by atoms with Gasteiger partial charge < -0.3 is 9.47 Å². The van der Waals surface area contributed by atoms with Gasteiger partial charge in [-0.1, -0.05) is 0 Å². The highest BCUT2D eigenvalue weighted by Crippen LogP contribution is 2.35. The molecule has 96 valence electrons. The molecule has 17 heavy (non-hydrogen) atoms. The summed E-state index contributed by atoms with van der Waals surface area (Å²) >= 11 is 1.48. The van der Waals surface area contributed by atoms with Crippen LogP contribution in [0.5, 0.6) is 11.6 Å². The molecule has 0 saturated heterocycles. The van der Waals surface area contributed by atoms with Gasteiger partial charge in [-0.3, -0.25) is 0 Å². The number of hydrogen-bond donors (Lipinski definition) is 0. The standard InChI is InChI=1S/C8H5F5INO2/c1-16-5-3(6(9)10)2-4(15-7(5)14)17-8(11,12)13/h2,6H,1H3. The van der Waals surface area contributed by atoms with Crippen molar-refractivity contribution in [1.82, 2.24) is 4.98 Å². The number of alkyl halides is 5. The number of aromatic nitrogens is 1. The molecule has 1 aromatic rings. The fourth-order valence-electron chi connectivity index (χ4n) is 1.03. The maximum absolute atomic E-state index is 12.6. The van der Waals surface area contributed by atoms with Gasteiger partial charge in [0.15, 0.2) is 5.75 Å². The van der Waals surface area contributed by atoms with Crippen LogP contribution in [0.1, 0.15) is 12.0 Å². The van der Waals surface area contributed by atoms with Crippen LogP contribution in [0.4, 0.5) is 22.0 Å². The quantitative estimate of drug-likeness (QED) is 0.464. The number of hydrogen-bond acceptors (Lipinski definition) is 3. The second-order valence-corrected chi connectivity index (χ2v) is 3.74. The molecule has 0 aromatic carbocycles. The van der Waals surface area contributed by atoms with Crippen molar-refractivity contribution in [2.75, 3.05) is 7.11 Å². The van der Waals surface area contributed by atoms with Crippen molar-refractivity contribution in [1.29, 1.82) is 0 Å². The predicted octanol–water partition coefficient (Wildman–Crippen LogP) is 3.53. The first-order valence-electron chi connectivity index (χ1n) is 4.03. The zero-order chi connectivity index (χ0) is 13.2. The van der Waals surface area contributed by atoms with Gasteiger partial charge in [-0.25, -0.2) is 13.8 Å². The van der Waals surface area contributed by atoms with Crippen molar-refractivity contribution in [2.24, 2.45) is 0 Å². The predicted molar refractivity (Wildman–Crippen MR) is 55.1 cm³/mol. The van der Waals surface area contributed by atoms with Crippen LogP contribution in [0.2, 0.25) is 0 Å². The van der Waals surface area contributed by atoms with Crippen molar-refractivity contribution in [3.05, 3.63) is 15.3 Å². The molecule has 0 aliphatic carbocycles. The van der Waals surface area contributed by atoms with Crippen molar-refractivity contribution < 1.29 is 31.4 Å². The van der Waals surface area contributed by atoms with Crippen LogP contribution in [-0.4, -0.2) is 18.5 Å². The Hall–Kier alpha value is -0.870. The molecular weight excluding hydrogens is 364 g/mol. The van der Waals surface area contributed by atoms with Gasteiger partial charge in [0.2, 0.25) is 5.88 Å². The molecule has 9 heteroatoms. The van der Waals surface area contributed by atoms with Crippen molar-refractivity contribution >= 4 is 22.6 Å². The minimum atomic E-state index is -4.98. The third-order valence-corrected chi connectivity index (χ3v) is 2.33. The summed E-state index contributed by atoms with van der Waals surface area (Å²) in [6.07, 6.45) is -7.97. The molecule has 1 heterocycles. The van der Waals surface area contributed by atoms with Gasteiger partial charge in [0.05, 0.1) is 12.7 Å². The molecule has 0 radical (unpaired) electrons. The fraction of sp³-hybridized carbons (Fsp3) is 0.375. The minimum Gasteiger partial charge on any atom is -0.493 e. The Morgan fingerprint density at radius 1 is 1.35 bits per heavy atom. The van der Waals surface area contributed by atoms with Crippen LogP contribution >= 0.6 is 22.6 Å². The van der Waals surface area contributed by atoms with Gasteiger partial charge in [0, 0.05) is 6.07 Å². The molecule has 0 saturated carbocycles. The Morgan fingerprint density at radius 2 is 1.94 bits per heavy atom.